The number of carbonyl (C=O) groups excluding carboxylic acids is 2. The van der Waals surface area contributed by atoms with Crippen LogP contribution in [0.5, 0.6) is 11.5 Å². The molecule has 1 aliphatic heterocycles. The molecule has 0 saturated heterocycles. The van der Waals surface area contributed by atoms with Gasteiger partial charge in [0.25, 0.3) is 11.8 Å². The van der Waals surface area contributed by atoms with Crippen molar-refractivity contribution in [1.82, 2.24) is 0 Å². The molecule has 1 heterocycles. The molecule has 3 rings (SSSR count). The Balaban J connectivity index is 1.73. The number of nitrogens with one attached hydrogen (secondary N) is 1. The van der Waals surface area contributed by atoms with Gasteiger partial charge >= 0.3 is 0 Å². The Morgan fingerprint density at radius 1 is 1.34 bits per heavy atom. The van der Waals surface area contributed by atoms with Crippen LogP contribution in [0.2, 0.25) is 10.0 Å². The van der Waals surface area contributed by atoms with Crippen LogP contribution in [0.1, 0.15) is 13.8 Å². The molecule has 0 saturated carbocycles. The van der Waals surface area contributed by atoms with Crippen LogP contribution in [-0.2, 0) is 9.59 Å². The van der Waals surface area contributed by atoms with Crippen LogP contribution < -0.4 is 19.7 Å². The Hall–Kier alpha value is -2.70. The summed E-state index contributed by atoms with van der Waals surface area (Å²) in [7, 11) is 0. The largest absolute Gasteiger partial charge is 0.479 e. The second-order valence-electron chi connectivity index (χ2n) is 6.50. The highest BCUT2D eigenvalue weighted by atomic mass is 35.5. The average molecular weight is 435 g/mol. The maximum absolute atomic E-state index is 12.5. The van der Waals surface area contributed by atoms with Gasteiger partial charge in [0.2, 0.25) is 0 Å². The smallest absolute Gasteiger partial charge is 0.268 e. The fourth-order valence-corrected chi connectivity index (χ4v) is 3.32. The van der Waals surface area contributed by atoms with Crippen LogP contribution in [0.4, 0.5) is 11.4 Å². The van der Waals surface area contributed by atoms with Gasteiger partial charge in [0.15, 0.2) is 12.2 Å². The predicted molar refractivity (Wildman–Crippen MR) is 114 cm³/mol. The van der Waals surface area contributed by atoms with Crippen LogP contribution in [0, 0.1) is 0 Å². The number of amides is 2. The van der Waals surface area contributed by atoms with Gasteiger partial charge in [-0.05, 0) is 44.2 Å². The second-order valence-corrected chi connectivity index (χ2v) is 7.35. The lowest BCUT2D eigenvalue weighted by molar-refractivity contribution is -0.125. The Kier molecular flexibility index (Phi) is 6.35. The third-order valence-corrected chi connectivity index (χ3v) is 4.84. The Morgan fingerprint density at radius 2 is 2.10 bits per heavy atom. The van der Waals surface area contributed by atoms with E-state index in [2.05, 4.69) is 11.9 Å². The highest BCUT2D eigenvalue weighted by molar-refractivity contribution is 6.35. The average Bonchev–Trinajstić information content (AvgIpc) is 2.67. The molecule has 8 heteroatoms. The molecule has 2 amide bonds. The molecule has 0 aliphatic carbocycles. The highest BCUT2D eigenvalue weighted by Gasteiger charge is 2.31. The van der Waals surface area contributed by atoms with E-state index < -0.39 is 12.2 Å². The molecule has 1 N–H and O–H groups in total. The zero-order valence-electron chi connectivity index (χ0n) is 15.9. The van der Waals surface area contributed by atoms with Gasteiger partial charge in [-0.3, -0.25) is 9.59 Å². The molecule has 2 unspecified atom stereocenters. The number of rotatable bonds is 6. The lowest BCUT2D eigenvalue weighted by atomic mass is 10.1. The monoisotopic (exact) mass is 434 g/mol. The Bertz CT molecular complexity index is 964. The third kappa shape index (κ3) is 4.66. The van der Waals surface area contributed by atoms with Gasteiger partial charge in [-0.15, -0.1) is 6.58 Å². The van der Waals surface area contributed by atoms with Crippen molar-refractivity contribution >= 4 is 46.4 Å². The first-order valence-electron chi connectivity index (χ1n) is 8.95. The molecule has 2 aromatic carbocycles. The molecule has 6 nitrogen and oxygen atoms in total. The van der Waals surface area contributed by atoms with Crippen LogP contribution in [-0.4, -0.2) is 30.6 Å². The zero-order valence-corrected chi connectivity index (χ0v) is 17.5. The molecule has 0 radical (unpaired) electrons. The summed E-state index contributed by atoms with van der Waals surface area (Å²) in [6.45, 7) is 7.35. The summed E-state index contributed by atoms with van der Waals surface area (Å²) in [5, 5.41) is 3.58. The number of fused-ring (bicyclic) bond motifs is 1. The number of halogens is 2. The van der Waals surface area contributed by atoms with Crippen molar-refractivity contribution in [3.63, 3.8) is 0 Å². The van der Waals surface area contributed by atoms with Gasteiger partial charge in [0, 0.05) is 23.3 Å². The third-order valence-electron chi connectivity index (χ3n) is 4.31. The van der Waals surface area contributed by atoms with E-state index in [1.807, 2.05) is 0 Å². The number of nitrogens with zero attached hydrogens (tertiary/aromatic N) is 1. The summed E-state index contributed by atoms with van der Waals surface area (Å²) in [5.74, 6) is 0.362. The van der Waals surface area contributed by atoms with Gasteiger partial charge < -0.3 is 19.7 Å². The summed E-state index contributed by atoms with van der Waals surface area (Å²) >= 11 is 12.0. The molecule has 0 fully saturated rings. The quantitative estimate of drug-likeness (QED) is 0.668. The van der Waals surface area contributed by atoms with Crippen molar-refractivity contribution in [3.8, 4) is 11.5 Å². The topological polar surface area (TPSA) is 67.9 Å². The number of anilines is 2. The molecule has 0 aromatic heterocycles. The van der Waals surface area contributed by atoms with E-state index in [4.69, 9.17) is 32.7 Å². The minimum Gasteiger partial charge on any atom is -0.479 e. The van der Waals surface area contributed by atoms with Gasteiger partial charge in [-0.25, -0.2) is 0 Å². The van der Waals surface area contributed by atoms with E-state index in [0.29, 0.717) is 39.5 Å². The summed E-state index contributed by atoms with van der Waals surface area (Å²) < 4.78 is 11.3. The van der Waals surface area contributed by atoms with Gasteiger partial charge in [0.1, 0.15) is 11.5 Å². The normalized spacial score (nSPS) is 16.5. The molecule has 2 atom stereocenters. The van der Waals surface area contributed by atoms with Crippen LogP contribution >= 0.6 is 23.2 Å². The van der Waals surface area contributed by atoms with E-state index in [1.54, 1.807) is 61.2 Å². The fraction of sp³-hybridized carbons (Fsp3) is 0.238. The van der Waals surface area contributed by atoms with Gasteiger partial charge in [-0.1, -0.05) is 29.3 Å². The minimum absolute atomic E-state index is 0.143. The molecule has 2 aromatic rings. The first-order valence-corrected chi connectivity index (χ1v) is 9.71. The standard InChI is InChI=1S/C21H20Cl2N2O4/c1-4-9-25-17-7-6-15(11-19(17)29-13(3)21(25)27)24-20(26)12(2)28-18-8-5-14(22)10-16(18)23/h4-8,10-13H,1,9H2,2-3H3,(H,24,26). The fourth-order valence-electron chi connectivity index (χ4n) is 2.86. The molecular weight excluding hydrogens is 415 g/mol. The predicted octanol–water partition coefficient (Wildman–Crippen LogP) is 4.70. The second kappa shape index (κ2) is 8.76. The molecule has 0 bridgehead atoms. The number of ether oxygens (including phenoxy) is 2. The first kappa shape index (κ1) is 21.0. The molecule has 152 valence electrons. The van der Waals surface area contributed by atoms with E-state index in [-0.39, 0.29) is 11.8 Å². The van der Waals surface area contributed by atoms with E-state index in [9.17, 15) is 9.59 Å². The maximum atomic E-state index is 12.5. The molecule has 29 heavy (non-hydrogen) atoms. The summed E-state index contributed by atoms with van der Waals surface area (Å²) in [6.07, 6.45) is 0.224. The Labute approximate surface area is 179 Å². The summed E-state index contributed by atoms with van der Waals surface area (Å²) in [6, 6.07) is 9.87. The number of hydrogen-bond acceptors (Lipinski definition) is 4. The number of benzene rings is 2. The minimum atomic E-state index is -0.802. The lowest BCUT2D eigenvalue weighted by Gasteiger charge is -2.32. The van der Waals surface area contributed by atoms with Crippen molar-refractivity contribution < 1.29 is 19.1 Å². The highest BCUT2D eigenvalue weighted by Crippen LogP contribution is 2.36. The molecular formula is C21H20Cl2N2O4. The maximum Gasteiger partial charge on any atom is 0.268 e. The van der Waals surface area contributed by atoms with E-state index in [0.717, 1.165) is 0 Å². The number of hydrogen-bond donors (Lipinski definition) is 1. The van der Waals surface area contributed by atoms with Gasteiger partial charge in [-0.2, -0.15) is 0 Å². The Morgan fingerprint density at radius 3 is 2.79 bits per heavy atom. The molecule has 1 aliphatic rings. The van der Waals surface area contributed by atoms with Crippen molar-refractivity contribution in [2.75, 3.05) is 16.8 Å². The summed E-state index contributed by atoms with van der Waals surface area (Å²) in [4.78, 5) is 26.4. The number of carbonyl (C=O) groups is 2. The van der Waals surface area contributed by atoms with E-state index >= 15 is 0 Å². The van der Waals surface area contributed by atoms with E-state index in [1.165, 1.54) is 0 Å². The van der Waals surface area contributed by atoms with Crippen LogP contribution in [0.3, 0.4) is 0 Å². The van der Waals surface area contributed by atoms with Gasteiger partial charge in [0.05, 0.1) is 10.7 Å². The van der Waals surface area contributed by atoms with Crippen LogP contribution in [0.15, 0.2) is 49.1 Å². The molecule has 0 spiro atoms. The van der Waals surface area contributed by atoms with Crippen molar-refractivity contribution in [2.24, 2.45) is 0 Å². The summed E-state index contributed by atoms with van der Waals surface area (Å²) in [5.41, 5.74) is 1.15. The zero-order chi connectivity index (χ0) is 21.1. The van der Waals surface area contributed by atoms with Crippen LogP contribution in [0.25, 0.3) is 0 Å². The lowest BCUT2D eigenvalue weighted by Crippen LogP contribution is -2.44. The van der Waals surface area contributed by atoms with Crippen molar-refractivity contribution in [1.29, 1.82) is 0 Å². The van der Waals surface area contributed by atoms with Crippen molar-refractivity contribution in [3.05, 3.63) is 59.1 Å². The first-order chi connectivity index (χ1) is 13.8. The SMILES string of the molecule is C=CCN1C(=O)C(C)Oc2cc(NC(=O)C(C)Oc3ccc(Cl)cc3Cl)ccc21. The van der Waals surface area contributed by atoms with Crippen molar-refractivity contribution in [2.45, 2.75) is 26.1 Å².